The van der Waals surface area contributed by atoms with Gasteiger partial charge >= 0.3 is 11.1 Å². The second kappa shape index (κ2) is 6.56. The highest BCUT2D eigenvalue weighted by molar-refractivity contribution is 5.18. The minimum absolute atomic E-state index is 0.189. The van der Waals surface area contributed by atoms with Crippen LogP contribution >= 0.6 is 0 Å². The van der Waals surface area contributed by atoms with Gasteiger partial charge in [-0.2, -0.15) is 5.10 Å². The molecule has 8 heteroatoms. The van der Waals surface area contributed by atoms with Crippen molar-refractivity contribution in [3.8, 4) is 0 Å². The first-order valence-corrected chi connectivity index (χ1v) is 9.52. The molecule has 0 bridgehead atoms. The first kappa shape index (κ1) is 17.1. The standard InChI is InChI=1S/C20H21N5O3/c26-17-18(27)25(12-15-4-1-2-8-21-15)22-19-20(7-10-24(17)19)6-9-23(14-20)13-16-5-3-11-28-16/h1-5,8,11H,6-7,9-10,12-14H2/t20-/m1/s1. The monoisotopic (exact) mass is 379 g/mol. The molecule has 1 atom stereocenters. The Morgan fingerprint density at radius 1 is 1.04 bits per heavy atom. The van der Waals surface area contributed by atoms with Crippen molar-refractivity contribution in [3.63, 3.8) is 0 Å². The van der Waals surface area contributed by atoms with E-state index in [0.717, 1.165) is 44.1 Å². The van der Waals surface area contributed by atoms with E-state index in [4.69, 9.17) is 4.42 Å². The Balaban J connectivity index is 1.48. The topological polar surface area (TPSA) is 86.2 Å². The van der Waals surface area contributed by atoms with E-state index in [1.54, 1.807) is 17.0 Å². The summed E-state index contributed by atoms with van der Waals surface area (Å²) < 4.78 is 8.33. The van der Waals surface area contributed by atoms with Crippen LogP contribution in [0.3, 0.4) is 0 Å². The smallest absolute Gasteiger partial charge is 0.332 e. The van der Waals surface area contributed by atoms with Crippen molar-refractivity contribution in [1.29, 1.82) is 0 Å². The van der Waals surface area contributed by atoms with Gasteiger partial charge in [-0.15, -0.1) is 0 Å². The molecule has 0 aliphatic carbocycles. The molecule has 3 aromatic heterocycles. The Kier molecular flexibility index (Phi) is 4.01. The number of furan rings is 1. The lowest BCUT2D eigenvalue weighted by Crippen LogP contribution is -2.45. The molecule has 5 heterocycles. The van der Waals surface area contributed by atoms with Gasteiger partial charge in [-0.25, -0.2) is 4.68 Å². The number of pyridine rings is 1. The number of likely N-dealkylation sites (tertiary alicyclic amines) is 1. The van der Waals surface area contributed by atoms with Gasteiger partial charge in [0.2, 0.25) is 0 Å². The van der Waals surface area contributed by atoms with E-state index < -0.39 is 11.1 Å². The van der Waals surface area contributed by atoms with Crippen LogP contribution in [-0.4, -0.2) is 37.3 Å². The van der Waals surface area contributed by atoms with Crippen LogP contribution in [0.5, 0.6) is 0 Å². The maximum Gasteiger partial charge on any atom is 0.332 e. The molecule has 1 fully saturated rings. The summed E-state index contributed by atoms with van der Waals surface area (Å²) in [4.78, 5) is 31.8. The largest absolute Gasteiger partial charge is 0.468 e. The molecule has 0 N–H and O–H groups in total. The van der Waals surface area contributed by atoms with Crippen LogP contribution < -0.4 is 11.1 Å². The first-order chi connectivity index (χ1) is 13.6. The average Bonchev–Trinajstić information content (AvgIpc) is 3.44. The number of hydrogen-bond acceptors (Lipinski definition) is 6. The molecule has 1 spiro atoms. The molecule has 144 valence electrons. The van der Waals surface area contributed by atoms with Crippen LogP contribution in [0.25, 0.3) is 0 Å². The molecule has 2 aliphatic heterocycles. The van der Waals surface area contributed by atoms with Crippen LogP contribution in [0, 0.1) is 0 Å². The summed E-state index contributed by atoms with van der Waals surface area (Å²) in [5.74, 6) is 1.66. The number of aromatic nitrogens is 4. The molecule has 0 amide bonds. The van der Waals surface area contributed by atoms with Gasteiger partial charge in [-0.05, 0) is 43.7 Å². The molecule has 0 radical (unpaired) electrons. The number of rotatable bonds is 4. The van der Waals surface area contributed by atoms with E-state index >= 15 is 0 Å². The fraction of sp³-hybridized carbons (Fsp3) is 0.400. The molecule has 28 heavy (non-hydrogen) atoms. The summed E-state index contributed by atoms with van der Waals surface area (Å²) in [5.41, 5.74) is -0.552. The highest BCUT2D eigenvalue weighted by Gasteiger charge is 2.47. The zero-order valence-corrected chi connectivity index (χ0v) is 15.5. The molecule has 0 aromatic carbocycles. The minimum atomic E-state index is -0.586. The van der Waals surface area contributed by atoms with Crippen molar-refractivity contribution < 1.29 is 4.42 Å². The maximum absolute atomic E-state index is 12.7. The Morgan fingerprint density at radius 3 is 2.71 bits per heavy atom. The van der Waals surface area contributed by atoms with Gasteiger partial charge in [0.25, 0.3) is 0 Å². The Labute approximate surface area is 161 Å². The average molecular weight is 379 g/mol. The molecule has 0 saturated carbocycles. The van der Waals surface area contributed by atoms with Gasteiger partial charge in [0.05, 0.1) is 25.0 Å². The van der Waals surface area contributed by atoms with Crippen molar-refractivity contribution in [1.82, 2.24) is 24.2 Å². The number of fused-ring (bicyclic) bond motifs is 2. The second-order valence-corrected chi connectivity index (χ2v) is 7.63. The van der Waals surface area contributed by atoms with Crippen molar-refractivity contribution in [2.45, 2.75) is 37.9 Å². The van der Waals surface area contributed by atoms with Crippen molar-refractivity contribution in [3.05, 3.63) is 80.8 Å². The second-order valence-electron chi connectivity index (χ2n) is 7.63. The molecule has 8 nitrogen and oxygen atoms in total. The highest BCUT2D eigenvalue weighted by atomic mass is 16.3. The predicted molar refractivity (Wildman–Crippen MR) is 101 cm³/mol. The van der Waals surface area contributed by atoms with Crippen molar-refractivity contribution in [2.24, 2.45) is 0 Å². The van der Waals surface area contributed by atoms with E-state index in [0.29, 0.717) is 12.2 Å². The lowest BCUT2D eigenvalue weighted by Gasteiger charge is -2.23. The quantitative estimate of drug-likeness (QED) is 0.629. The summed E-state index contributed by atoms with van der Waals surface area (Å²) in [6, 6.07) is 9.37. The normalized spacial score (nSPS) is 21.4. The summed E-state index contributed by atoms with van der Waals surface area (Å²) in [7, 11) is 0. The zero-order chi connectivity index (χ0) is 19.1. The molecule has 2 aliphatic rings. The van der Waals surface area contributed by atoms with E-state index in [1.165, 1.54) is 4.68 Å². The van der Waals surface area contributed by atoms with E-state index in [1.807, 2.05) is 30.3 Å². The van der Waals surface area contributed by atoms with Gasteiger partial charge in [0.15, 0.2) is 0 Å². The third-order valence-electron chi connectivity index (χ3n) is 5.85. The lowest BCUT2D eigenvalue weighted by atomic mass is 9.85. The molecular formula is C20H21N5O3. The predicted octanol–water partition coefficient (Wildman–Crippen LogP) is 0.989. The van der Waals surface area contributed by atoms with Gasteiger partial charge in [0, 0.05) is 24.7 Å². The van der Waals surface area contributed by atoms with Gasteiger partial charge < -0.3 is 4.42 Å². The number of hydrogen-bond donors (Lipinski definition) is 0. The molecule has 1 saturated heterocycles. The molecule has 3 aromatic rings. The van der Waals surface area contributed by atoms with Crippen LogP contribution in [-0.2, 0) is 25.0 Å². The Hall–Kier alpha value is -3.00. The molecule has 0 unspecified atom stereocenters. The summed E-state index contributed by atoms with van der Waals surface area (Å²) in [5, 5.41) is 4.65. The fourth-order valence-electron chi connectivity index (χ4n) is 4.43. The summed E-state index contributed by atoms with van der Waals surface area (Å²) in [6.07, 6.45) is 5.11. The van der Waals surface area contributed by atoms with E-state index in [2.05, 4.69) is 15.0 Å². The molecular weight excluding hydrogens is 358 g/mol. The van der Waals surface area contributed by atoms with Crippen molar-refractivity contribution >= 4 is 0 Å². The molecule has 5 rings (SSSR count). The van der Waals surface area contributed by atoms with Crippen LogP contribution in [0.15, 0.2) is 56.8 Å². The first-order valence-electron chi connectivity index (χ1n) is 9.52. The van der Waals surface area contributed by atoms with Gasteiger partial charge in [-0.1, -0.05) is 6.07 Å². The van der Waals surface area contributed by atoms with E-state index in [9.17, 15) is 9.59 Å². The summed E-state index contributed by atoms with van der Waals surface area (Å²) in [6.45, 7) is 3.22. The number of nitrogens with zero attached hydrogens (tertiary/aromatic N) is 5. The highest BCUT2D eigenvalue weighted by Crippen LogP contribution is 2.40. The van der Waals surface area contributed by atoms with Gasteiger partial charge in [-0.3, -0.25) is 24.0 Å². The van der Waals surface area contributed by atoms with Crippen LogP contribution in [0.4, 0.5) is 0 Å². The lowest BCUT2D eigenvalue weighted by molar-refractivity contribution is 0.273. The van der Waals surface area contributed by atoms with Crippen LogP contribution in [0.2, 0.25) is 0 Å². The van der Waals surface area contributed by atoms with Crippen LogP contribution in [0.1, 0.15) is 30.1 Å². The Bertz CT molecular complexity index is 1100. The summed E-state index contributed by atoms with van der Waals surface area (Å²) >= 11 is 0. The third kappa shape index (κ3) is 2.80. The maximum atomic E-state index is 12.7. The van der Waals surface area contributed by atoms with E-state index in [-0.39, 0.29) is 12.0 Å². The fourth-order valence-corrected chi connectivity index (χ4v) is 4.43. The third-order valence-corrected chi connectivity index (χ3v) is 5.85. The van der Waals surface area contributed by atoms with Crippen molar-refractivity contribution in [2.75, 3.05) is 13.1 Å². The zero-order valence-electron chi connectivity index (χ0n) is 15.5. The minimum Gasteiger partial charge on any atom is -0.468 e. The van der Waals surface area contributed by atoms with Gasteiger partial charge in [0.1, 0.15) is 11.6 Å². The SMILES string of the molecule is O=c1c(=O)n2c(nn1Cc1ccccn1)[C@]1(CCN(Cc3ccco3)C1)CC2. The Morgan fingerprint density at radius 2 is 1.93 bits per heavy atom.